The quantitative estimate of drug-likeness (QED) is 0.291. The summed E-state index contributed by atoms with van der Waals surface area (Å²) in [6.45, 7) is 3.49. The Kier molecular flexibility index (Phi) is 7.53. The molecule has 0 amide bonds. The molecule has 0 spiro atoms. The van der Waals surface area contributed by atoms with E-state index < -0.39 is 12.1 Å². The lowest BCUT2D eigenvalue weighted by Crippen LogP contribution is -2.21. The highest BCUT2D eigenvalue weighted by Crippen LogP contribution is 2.39. The summed E-state index contributed by atoms with van der Waals surface area (Å²) in [5.74, 6) is -1.76. The predicted molar refractivity (Wildman–Crippen MR) is 130 cm³/mol. The summed E-state index contributed by atoms with van der Waals surface area (Å²) < 4.78 is 32.8. The molecule has 184 valence electrons. The number of nitrogens with one attached hydrogen (secondary N) is 1. The molecule has 5 rings (SSSR count). The van der Waals surface area contributed by atoms with E-state index in [0.29, 0.717) is 0 Å². The largest absolute Gasteiger partial charge is 0.508 e. The first-order valence-electron chi connectivity index (χ1n) is 10.6. The van der Waals surface area contributed by atoms with Gasteiger partial charge in [-0.15, -0.1) is 22.7 Å². The summed E-state index contributed by atoms with van der Waals surface area (Å²) in [5, 5.41) is 20.1. The zero-order chi connectivity index (χ0) is 25.0. The maximum Gasteiger partial charge on any atom is 0.490 e. The maximum atomic E-state index is 10.6. The van der Waals surface area contributed by atoms with Crippen LogP contribution in [0.2, 0.25) is 0 Å². The third kappa shape index (κ3) is 6.47. The fourth-order valence-corrected chi connectivity index (χ4v) is 5.73. The number of halogens is 3. The Balaban J connectivity index is 0.000000364. The third-order valence-corrected chi connectivity index (χ3v) is 7.54. The van der Waals surface area contributed by atoms with E-state index in [2.05, 4.69) is 38.4 Å². The Hall–Kier alpha value is -3.22. The molecule has 35 heavy (non-hydrogen) atoms. The number of carboxylic acid groups (broad SMARTS) is 1. The van der Waals surface area contributed by atoms with Gasteiger partial charge in [0.1, 0.15) is 12.1 Å². The van der Waals surface area contributed by atoms with E-state index in [1.807, 2.05) is 23.5 Å². The number of likely N-dealkylation sites (tertiary alicyclic amines) is 1. The maximum absolute atomic E-state index is 10.6. The summed E-state index contributed by atoms with van der Waals surface area (Å²) in [6, 6.07) is 13.7. The van der Waals surface area contributed by atoms with Crippen LogP contribution < -0.4 is 5.32 Å². The highest BCUT2D eigenvalue weighted by molar-refractivity contribution is 7.26. The Morgan fingerprint density at radius 3 is 2.49 bits per heavy atom. The van der Waals surface area contributed by atoms with E-state index in [4.69, 9.17) is 9.90 Å². The van der Waals surface area contributed by atoms with E-state index in [1.165, 1.54) is 40.6 Å². The van der Waals surface area contributed by atoms with E-state index in [-0.39, 0.29) is 5.75 Å². The summed E-state index contributed by atoms with van der Waals surface area (Å²) in [5.41, 5.74) is 1.74. The Morgan fingerprint density at radius 2 is 1.80 bits per heavy atom. The molecule has 0 radical (unpaired) electrons. The zero-order valence-corrected chi connectivity index (χ0v) is 19.9. The minimum absolute atomic E-state index is 0.228. The van der Waals surface area contributed by atoms with Gasteiger partial charge in [0, 0.05) is 32.9 Å². The molecule has 0 unspecified atom stereocenters. The third-order valence-electron chi connectivity index (χ3n) is 5.15. The Bertz CT molecular complexity index is 1320. The van der Waals surface area contributed by atoms with Gasteiger partial charge in [0.25, 0.3) is 0 Å². The number of aromatic nitrogens is 2. The summed E-state index contributed by atoms with van der Waals surface area (Å²) >= 11 is 3.57. The van der Waals surface area contributed by atoms with Gasteiger partial charge < -0.3 is 15.5 Å². The van der Waals surface area contributed by atoms with Crippen LogP contribution in [0.15, 0.2) is 48.8 Å². The van der Waals surface area contributed by atoms with Crippen LogP contribution in [0.4, 0.5) is 24.7 Å². The molecule has 0 saturated carbocycles. The second-order valence-corrected chi connectivity index (χ2v) is 10.00. The molecule has 12 heteroatoms. The molecule has 0 aliphatic carbocycles. The minimum atomic E-state index is -5.08. The Morgan fingerprint density at radius 1 is 1.06 bits per heavy atom. The van der Waals surface area contributed by atoms with Crippen molar-refractivity contribution < 1.29 is 28.2 Å². The number of carbonyl (C=O) groups is 1. The van der Waals surface area contributed by atoms with Gasteiger partial charge in [-0.3, -0.25) is 4.90 Å². The highest BCUT2D eigenvalue weighted by Gasteiger charge is 2.38. The second kappa shape index (κ2) is 10.6. The second-order valence-electron chi connectivity index (χ2n) is 7.77. The SMILES string of the molecule is O=C(O)C(F)(F)F.Oc1cccc(Nc2ncnc3cc(-c4ccc(CN5CCCC5)s4)sc23)c1. The molecular formula is C23H21F3N4O3S2. The van der Waals surface area contributed by atoms with Crippen LogP contribution in [0.25, 0.3) is 20.0 Å². The van der Waals surface area contributed by atoms with E-state index in [9.17, 15) is 18.3 Å². The number of hydrogen-bond donors (Lipinski definition) is 3. The van der Waals surface area contributed by atoms with Crippen molar-refractivity contribution in [2.45, 2.75) is 25.6 Å². The molecule has 1 saturated heterocycles. The molecule has 1 aromatic carbocycles. The van der Waals surface area contributed by atoms with Gasteiger partial charge in [0.15, 0.2) is 5.82 Å². The van der Waals surface area contributed by atoms with Crippen molar-refractivity contribution in [2.24, 2.45) is 0 Å². The zero-order valence-electron chi connectivity index (χ0n) is 18.2. The number of thiophene rings is 2. The number of carboxylic acids is 1. The molecule has 4 heterocycles. The van der Waals surface area contributed by atoms with Crippen LogP contribution >= 0.6 is 22.7 Å². The number of fused-ring (bicyclic) bond motifs is 1. The highest BCUT2D eigenvalue weighted by atomic mass is 32.1. The standard InChI is InChI=1S/C21H20N4OS2.C2HF3O2/c26-15-5-3-4-14(10-15)24-21-20-17(22-13-23-21)11-19(28-20)18-7-6-16(27-18)12-25-8-1-2-9-25;3-2(4,5)1(6)7/h3-7,10-11,13,26H,1-2,8-9,12H2,(H,22,23,24);(H,6,7). The number of alkyl halides is 3. The first-order valence-corrected chi connectivity index (χ1v) is 12.2. The van der Waals surface area contributed by atoms with Crippen LogP contribution in [-0.2, 0) is 11.3 Å². The van der Waals surface area contributed by atoms with Crippen LogP contribution in [0, 0.1) is 0 Å². The summed E-state index contributed by atoms with van der Waals surface area (Å²) in [7, 11) is 0. The summed E-state index contributed by atoms with van der Waals surface area (Å²) in [6.07, 6.45) is -0.860. The smallest absolute Gasteiger partial charge is 0.490 e. The number of aromatic hydroxyl groups is 1. The van der Waals surface area contributed by atoms with Crippen LogP contribution in [0.1, 0.15) is 17.7 Å². The Labute approximate surface area is 206 Å². The van der Waals surface area contributed by atoms with Gasteiger partial charge in [-0.05, 0) is 56.3 Å². The van der Waals surface area contributed by atoms with Crippen molar-refractivity contribution in [3.05, 3.63) is 53.7 Å². The molecule has 0 bridgehead atoms. The fourth-order valence-electron chi connectivity index (χ4n) is 3.54. The van der Waals surface area contributed by atoms with Crippen molar-refractivity contribution in [2.75, 3.05) is 18.4 Å². The van der Waals surface area contributed by atoms with Crippen molar-refractivity contribution in [1.29, 1.82) is 0 Å². The first kappa shape index (κ1) is 24.9. The van der Waals surface area contributed by atoms with Crippen LogP contribution in [0.5, 0.6) is 5.75 Å². The average Bonchev–Trinajstić information content (AvgIpc) is 3.55. The minimum Gasteiger partial charge on any atom is -0.508 e. The topological polar surface area (TPSA) is 98.6 Å². The molecule has 1 fully saturated rings. The van der Waals surface area contributed by atoms with Gasteiger partial charge in [0.2, 0.25) is 0 Å². The number of anilines is 2. The van der Waals surface area contributed by atoms with Crippen molar-refractivity contribution >= 4 is 50.4 Å². The lowest BCUT2D eigenvalue weighted by atomic mass is 10.3. The summed E-state index contributed by atoms with van der Waals surface area (Å²) in [4.78, 5) is 24.2. The van der Waals surface area contributed by atoms with Crippen LogP contribution in [0.3, 0.4) is 0 Å². The molecule has 0 atom stereocenters. The van der Waals surface area contributed by atoms with E-state index in [1.54, 1.807) is 29.8 Å². The predicted octanol–water partition coefficient (Wildman–Crippen LogP) is 6.10. The van der Waals surface area contributed by atoms with Crippen LogP contribution in [-0.4, -0.2) is 50.3 Å². The van der Waals surface area contributed by atoms with Gasteiger partial charge >= 0.3 is 12.1 Å². The fraction of sp³-hybridized carbons (Fsp3) is 0.261. The number of benzene rings is 1. The number of rotatable bonds is 5. The molecule has 1 aliphatic rings. The van der Waals surface area contributed by atoms with Gasteiger partial charge in [-0.25, -0.2) is 14.8 Å². The molecule has 1 aliphatic heterocycles. The van der Waals surface area contributed by atoms with E-state index >= 15 is 0 Å². The molecule has 7 nitrogen and oxygen atoms in total. The number of hydrogen-bond acceptors (Lipinski definition) is 8. The molecule has 3 aromatic heterocycles. The average molecular weight is 523 g/mol. The number of phenols is 1. The number of nitrogens with zero attached hydrogens (tertiary/aromatic N) is 3. The van der Waals surface area contributed by atoms with Crippen molar-refractivity contribution in [3.8, 4) is 15.5 Å². The normalized spacial score (nSPS) is 14.0. The van der Waals surface area contributed by atoms with Crippen molar-refractivity contribution in [3.63, 3.8) is 0 Å². The van der Waals surface area contributed by atoms with E-state index in [0.717, 1.165) is 28.3 Å². The van der Waals surface area contributed by atoms with Crippen molar-refractivity contribution in [1.82, 2.24) is 14.9 Å². The first-order chi connectivity index (χ1) is 16.7. The van der Waals surface area contributed by atoms with Gasteiger partial charge in [-0.2, -0.15) is 13.2 Å². The number of aliphatic carboxylic acids is 1. The molecular weight excluding hydrogens is 501 g/mol. The monoisotopic (exact) mass is 522 g/mol. The van der Waals surface area contributed by atoms with Gasteiger partial charge in [-0.1, -0.05) is 6.07 Å². The molecule has 3 N–H and O–H groups in total. The lowest BCUT2D eigenvalue weighted by molar-refractivity contribution is -0.192. The number of phenolic OH excluding ortho intramolecular Hbond substituents is 1. The lowest BCUT2D eigenvalue weighted by Gasteiger charge is -2.12. The molecule has 4 aromatic rings. The van der Waals surface area contributed by atoms with Gasteiger partial charge in [0.05, 0.1) is 10.2 Å².